The standard InChI is InChI=1S/C21H18O11.Mg.2H/c22-9-6-10(8-4-2-1-3-5-8)30-11-7-12(14(23)15(24)13(9)11)31-21-18(27)16(25)17(26)19(32-21)20(28)29;;;/h1-7,16-19,21,23-27H,(H,28,29);;;/q;+2;2*-1/t16-,17-,18+,19-,21-;;;/m0.../s1. The molecule has 1 aromatic heterocycles. The van der Waals surface area contributed by atoms with Gasteiger partial charge >= 0.3 is 29.0 Å². The van der Waals surface area contributed by atoms with Crippen molar-refractivity contribution in [3.63, 3.8) is 0 Å². The molecule has 0 unspecified atom stereocenters. The van der Waals surface area contributed by atoms with E-state index in [1.807, 2.05) is 0 Å². The second-order valence-electron chi connectivity index (χ2n) is 7.14. The molecule has 11 nitrogen and oxygen atoms in total. The van der Waals surface area contributed by atoms with E-state index in [2.05, 4.69) is 0 Å². The van der Waals surface area contributed by atoms with Crippen LogP contribution in [0.5, 0.6) is 17.2 Å². The first-order valence-electron chi connectivity index (χ1n) is 9.36. The van der Waals surface area contributed by atoms with Crippen molar-refractivity contribution in [3.8, 4) is 28.6 Å². The van der Waals surface area contributed by atoms with Gasteiger partial charge in [0.05, 0.1) is 0 Å². The number of hydrogen-bond acceptors (Lipinski definition) is 10. The van der Waals surface area contributed by atoms with Crippen molar-refractivity contribution in [2.24, 2.45) is 0 Å². The van der Waals surface area contributed by atoms with Crippen LogP contribution in [0.2, 0.25) is 0 Å². The first kappa shape index (κ1) is 24.8. The van der Waals surface area contributed by atoms with Gasteiger partial charge in [0.1, 0.15) is 35.0 Å². The molecule has 0 amide bonds. The van der Waals surface area contributed by atoms with Crippen LogP contribution < -0.4 is 10.2 Å². The molecule has 3 aromatic rings. The Hall–Kier alpha value is -2.87. The van der Waals surface area contributed by atoms with Crippen LogP contribution in [0.25, 0.3) is 22.3 Å². The monoisotopic (exact) mass is 472 g/mol. The second-order valence-corrected chi connectivity index (χ2v) is 7.14. The van der Waals surface area contributed by atoms with Gasteiger partial charge in [-0.1, -0.05) is 30.3 Å². The molecule has 4 rings (SSSR count). The zero-order valence-corrected chi connectivity index (χ0v) is 18.3. The molecule has 5 atom stereocenters. The zero-order valence-electron chi connectivity index (χ0n) is 18.9. The van der Waals surface area contributed by atoms with Crippen LogP contribution >= 0.6 is 0 Å². The van der Waals surface area contributed by atoms with Gasteiger partial charge in [-0.3, -0.25) is 4.79 Å². The molecule has 1 fully saturated rings. The molecule has 0 spiro atoms. The maximum absolute atomic E-state index is 12.5. The van der Waals surface area contributed by atoms with Gasteiger partial charge in [-0.2, -0.15) is 0 Å². The molecule has 172 valence electrons. The Kier molecular flexibility index (Phi) is 7.16. The maximum Gasteiger partial charge on any atom is 2.00 e. The van der Waals surface area contributed by atoms with E-state index in [4.69, 9.17) is 19.0 Å². The molecular formula is C21H20MgO11. The third-order valence-electron chi connectivity index (χ3n) is 5.05. The van der Waals surface area contributed by atoms with E-state index in [-0.39, 0.29) is 42.6 Å². The summed E-state index contributed by atoms with van der Waals surface area (Å²) in [4.78, 5) is 23.8. The van der Waals surface area contributed by atoms with Crippen molar-refractivity contribution in [1.29, 1.82) is 0 Å². The Labute approximate surface area is 204 Å². The van der Waals surface area contributed by atoms with Gasteiger partial charge in [-0.05, 0) is 0 Å². The number of carboxylic acid groups (broad SMARTS) is 1. The van der Waals surface area contributed by atoms with E-state index in [9.17, 15) is 35.1 Å². The number of aromatic hydroxyl groups is 2. The number of fused-ring (bicyclic) bond motifs is 1. The van der Waals surface area contributed by atoms with Gasteiger partial charge in [0.2, 0.25) is 12.0 Å². The molecule has 1 aliphatic heterocycles. The number of phenolic OH excluding ortho intramolecular Hbond substituents is 2. The van der Waals surface area contributed by atoms with E-state index in [0.717, 1.165) is 12.1 Å². The fraction of sp³-hybridized carbons (Fsp3) is 0.238. The molecular weight excluding hydrogens is 453 g/mol. The van der Waals surface area contributed by atoms with Crippen molar-refractivity contribution in [2.45, 2.75) is 30.7 Å². The number of benzene rings is 2. The quantitative estimate of drug-likeness (QED) is 0.221. The van der Waals surface area contributed by atoms with Crippen LogP contribution in [0.3, 0.4) is 0 Å². The van der Waals surface area contributed by atoms with Gasteiger partial charge in [0.25, 0.3) is 0 Å². The van der Waals surface area contributed by atoms with Gasteiger partial charge in [0.15, 0.2) is 23.0 Å². The molecule has 1 saturated heterocycles. The summed E-state index contributed by atoms with van der Waals surface area (Å²) in [6, 6.07) is 10.8. The maximum atomic E-state index is 12.5. The van der Waals surface area contributed by atoms with Gasteiger partial charge < -0.3 is 47.4 Å². The van der Waals surface area contributed by atoms with Crippen LogP contribution in [-0.4, -0.2) is 90.4 Å². The number of aliphatic hydroxyl groups excluding tert-OH is 3. The average molecular weight is 473 g/mol. The number of hydrogen-bond donors (Lipinski definition) is 6. The van der Waals surface area contributed by atoms with Gasteiger partial charge in [-0.15, -0.1) is 0 Å². The predicted molar refractivity (Wildman–Crippen MR) is 114 cm³/mol. The summed E-state index contributed by atoms with van der Waals surface area (Å²) in [6.07, 6.45) is -9.56. The molecule has 0 radical (unpaired) electrons. The number of carbonyl (C=O) groups is 1. The molecule has 0 saturated carbocycles. The Morgan fingerprint density at radius 3 is 2.27 bits per heavy atom. The number of rotatable bonds is 4. The average Bonchev–Trinajstić information content (AvgIpc) is 2.77. The Bertz CT molecular complexity index is 1240. The molecule has 6 N–H and O–H groups in total. The number of carboxylic acids is 1. The first-order valence-corrected chi connectivity index (χ1v) is 9.36. The minimum atomic E-state index is -1.94. The zero-order chi connectivity index (χ0) is 23.2. The largest absolute Gasteiger partial charge is 2.00 e. The molecule has 2 heterocycles. The van der Waals surface area contributed by atoms with Crippen LogP contribution in [0.4, 0.5) is 0 Å². The van der Waals surface area contributed by atoms with Crippen LogP contribution in [0.15, 0.2) is 51.7 Å². The van der Waals surface area contributed by atoms with Gasteiger partial charge in [0, 0.05) is 17.7 Å². The van der Waals surface area contributed by atoms with E-state index < -0.39 is 59.4 Å². The number of ether oxygens (including phenoxy) is 2. The SMILES string of the molecule is O=C(O)[C@H]1O[C@H](Oc2cc3oc(-c4ccccc4)cc(=O)c3c(O)c2O)[C@H](O)[C@@H](O)[C@@H]1O.[H-].[H-].[Mg+2]. The second kappa shape index (κ2) is 9.55. The Balaban J connectivity index is 0.00000204. The minimum absolute atomic E-state index is 0. The fourth-order valence-electron chi connectivity index (χ4n) is 3.38. The van der Waals surface area contributed by atoms with Gasteiger partial charge in [-0.25, -0.2) is 4.79 Å². The summed E-state index contributed by atoms with van der Waals surface area (Å²) in [6.45, 7) is 0. The Morgan fingerprint density at radius 1 is 0.970 bits per heavy atom. The fourth-order valence-corrected chi connectivity index (χ4v) is 3.38. The van der Waals surface area contributed by atoms with E-state index in [1.54, 1.807) is 30.3 Å². The number of aliphatic carboxylic acids is 1. The van der Waals surface area contributed by atoms with Crippen LogP contribution in [0.1, 0.15) is 2.85 Å². The third kappa shape index (κ3) is 4.49. The van der Waals surface area contributed by atoms with Crippen LogP contribution in [0, 0.1) is 0 Å². The van der Waals surface area contributed by atoms with Crippen molar-refractivity contribution in [1.82, 2.24) is 0 Å². The topological polar surface area (TPSA) is 187 Å². The molecule has 33 heavy (non-hydrogen) atoms. The van der Waals surface area contributed by atoms with E-state index in [0.29, 0.717) is 5.56 Å². The van der Waals surface area contributed by atoms with E-state index >= 15 is 0 Å². The number of aliphatic hydroxyl groups is 3. The first-order chi connectivity index (χ1) is 15.2. The summed E-state index contributed by atoms with van der Waals surface area (Å²) >= 11 is 0. The minimum Gasteiger partial charge on any atom is -1.00 e. The van der Waals surface area contributed by atoms with Crippen molar-refractivity contribution in [3.05, 3.63) is 52.7 Å². The normalized spacial score (nSPS) is 24.8. The molecule has 12 heteroatoms. The molecule has 0 aliphatic carbocycles. The summed E-state index contributed by atoms with van der Waals surface area (Å²) in [5.74, 6) is -3.76. The molecule has 2 aromatic carbocycles. The summed E-state index contributed by atoms with van der Waals surface area (Å²) in [7, 11) is 0. The van der Waals surface area contributed by atoms with Crippen molar-refractivity contribution in [2.75, 3.05) is 0 Å². The number of phenols is 2. The predicted octanol–water partition coefficient (Wildman–Crippen LogP) is -0.0136. The summed E-state index contributed by atoms with van der Waals surface area (Å²) in [5, 5.41) is 59.2. The summed E-state index contributed by atoms with van der Waals surface area (Å²) in [5.41, 5.74) is -0.265. The smallest absolute Gasteiger partial charge is 1.00 e. The third-order valence-corrected chi connectivity index (χ3v) is 5.05. The molecule has 0 bridgehead atoms. The van der Waals surface area contributed by atoms with Crippen molar-refractivity contribution < 1.29 is 52.2 Å². The van der Waals surface area contributed by atoms with Crippen LogP contribution in [-0.2, 0) is 9.53 Å². The Morgan fingerprint density at radius 2 is 1.64 bits per heavy atom. The molecule has 1 aliphatic rings. The summed E-state index contributed by atoms with van der Waals surface area (Å²) < 4.78 is 16.0. The van der Waals surface area contributed by atoms with E-state index in [1.165, 1.54) is 0 Å². The van der Waals surface area contributed by atoms with Crippen molar-refractivity contribution >= 4 is 40.0 Å².